The Balaban J connectivity index is 3.11. The molecule has 0 saturated carbocycles. The summed E-state index contributed by atoms with van der Waals surface area (Å²) in [6, 6.07) is -15.9. The van der Waals surface area contributed by atoms with E-state index in [1.807, 2.05) is 0 Å². The third-order valence-electron chi connectivity index (χ3n) is 15.2. The first-order valence-corrected chi connectivity index (χ1v) is 59.6. The van der Waals surface area contributed by atoms with Crippen molar-refractivity contribution in [3.05, 3.63) is 0 Å². The number of hydrogen-bond donors (Lipinski definition) is 0. The molecule has 94 heavy (non-hydrogen) atoms. The molecular formula is C42H85F21O18Si13. The molecule has 3 rings (SSSR count). The molecule has 3 saturated heterocycles. The van der Waals surface area contributed by atoms with Gasteiger partial charge in [-0.2, -0.15) is 92.2 Å². The molecule has 3 fully saturated rings. The van der Waals surface area contributed by atoms with E-state index in [1.165, 1.54) is 102 Å². The van der Waals surface area contributed by atoms with Gasteiger partial charge in [0.05, 0.1) is 0 Å². The number of hydrogen-bond acceptors (Lipinski definition) is 18. The molecule has 0 spiro atoms. The lowest BCUT2D eigenvalue weighted by atomic mass is 10.5. The van der Waals surface area contributed by atoms with Gasteiger partial charge in [0.15, 0.2) is 25.0 Å². The second-order valence-electron chi connectivity index (χ2n) is 25.2. The molecule has 0 aromatic rings. The lowest BCUT2D eigenvalue weighted by Gasteiger charge is -2.59. The van der Waals surface area contributed by atoms with E-state index < -0.39 is 261 Å². The molecule has 0 amide bonds. The van der Waals surface area contributed by atoms with Gasteiger partial charge in [-0.3, -0.25) is 0 Å². The molecule has 0 radical (unpaired) electrons. The van der Waals surface area contributed by atoms with Gasteiger partial charge in [0.2, 0.25) is 0 Å². The minimum atomic E-state index is -6.90. The van der Waals surface area contributed by atoms with Crippen LogP contribution in [0.1, 0.15) is 44.9 Å². The van der Waals surface area contributed by atoms with Crippen molar-refractivity contribution in [1.29, 1.82) is 0 Å². The lowest BCUT2D eigenvalue weighted by molar-refractivity contribution is -0.135. The van der Waals surface area contributed by atoms with Crippen LogP contribution < -0.4 is 0 Å². The Labute approximate surface area is 546 Å². The zero-order valence-electron chi connectivity index (χ0n) is 54.4. The maximum absolute atomic E-state index is 15.3. The van der Waals surface area contributed by atoms with E-state index >= 15 is 92.2 Å². The predicted octanol–water partition coefficient (Wildman–Crippen LogP) is 16.2. The van der Waals surface area contributed by atoms with Gasteiger partial charge in [0.1, 0.15) is 0 Å². The second-order valence-corrected chi connectivity index (χ2v) is 70.9. The fourth-order valence-corrected chi connectivity index (χ4v) is 76.4. The molecule has 18 nitrogen and oxygen atoms in total. The van der Waals surface area contributed by atoms with E-state index in [0.717, 1.165) is 0 Å². The third-order valence-corrected chi connectivity index (χ3v) is 68.5. The van der Waals surface area contributed by atoms with Crippen LogP contribution >= 0.6 is 0 Å². The summed E-state index contributed by atoms with van der Waals surface area (Å²) in [7, 11) is -63.6. The van der Waals surface area contributed by atoms with Crippen molar-refractivity contribution in [3.63, 3.8) is 0 Å². The van der Waals surface area contributed by atoms with Crippen molar-refractivity contribution >= 4 is 112 Å². The molecule has 0 atom stereocenters. The summed E-state index contributed by atoms with van der Waals surface area (Å²) in [4.78, 5) is 0. The zero-order chi connectivity index (χ0) is 72.9. The number of alkyl halides is 21. The van der Waals surface area contributed by atoms with E-state index in [9.17, 15) is 0 Å². The molecule has 3 aliphatic heterocycles. The average molecular weight is 1640 g/mol. The second kappa shape index (κ2) is 31.9. The topological polar surface area (TPSA) is 166 Å². The summed E-state index contributed by atoms with van der Waals surface area (Å²) in [5.74, 6) is 0. The van der Waals surface area contributed by atoms with Crippen molar-refractivity contribution in [1.82, 2.24) is 0 Å². The van der Waals surface area contributed by atoms with Crippen molar-refractivity contribution in [2.24, 2.45) is 0 Å². The Morgan fingerprint density at radius 2 is 0.383 bits per heavy atom. The Bertz CT molecular complexity index is 2120. The molecule has 0 N–H and O–H groups in total. The van der Waals surface area contributed by atoms with E-state index in [0.29, 0.717) is 0 Å². The Hall–Kier alpha value is 0.629. The van der Waals surface area contributed by atoms with Crippen LogP contribution in [0.5, 0.6) is 0 Å². The van der Waals surface area contributed by atoms with Crippen LogP contribution in [0.15, 0.2) is 0 Å². The first-order chi connectivity index (χ1) is 41.9. The standard InChI is InChI=1S/C42H85F21O18Si13/c1-64-85(13,65-2)33-30-82(7,8)70-88(23-16-36(43,44)45)73-91(26-19-39(52,53)54)75-89(24-17-37(46,47)48,71-83(9,10)31-34-86(14,66-3)67-4)77-93(28-21-41(58,59)60)78-90(25-18-38(49,50)51,72-84(11,12)32-35-87(15,68-5)69-6)76-92(74-88,27-20-40(55,56)57)80-94(79-91,81-93)29-22-42(61,62)63/h16-35H2,1-15H3. The third kappa shape index (κ3) is 30.1. The maximum Gasteiger partial charge on any atom is 0.479 e. The van der Waals surface area contributed by atoms with E-state index in [-0.39, 0.29) is 18.1 Å². The van der Waals surface area contributed by atoms with Gasteiger partial charge < -0.3 is 75.9 Å². The van der Waals surface area contributed by atoms with Crippen LogP contribution in [0.4, 0.5) is 92.2 Å². The molecule has 0 aromatic carbocycles. The number of rotatable bonds is 35. The highest BCUT2D eigenvalue weighted by atomic mass is 28.6. The van der Waals surface area contributed by atoms with Crippen LogP contribution in [-0.2, 0) is 75.9 Å². The fourth-order valence-electron chi connectivity index (χ4n) is 9.57. The van der Waals surface area contributed by atoms with Gasteiger partial charge >= 0.3 is 131 Å². The van der Waals surface area contributed by atoms with Gasteiger partial charge in [0.25, 0.3) is 0 Å². The summed E-state index contributed by atoms with van der Waals surface area (Å²) in [5.41, 5.74) is 0. The SMILES string of the molecule is CO[Si](C)(CC[Si](C)(C)O[Si]1(CCC(F)(F)F)O[Si]2(CCC(F)(F)F)O[Si](CCC(F)(F)F)(O[Si](C)(C)CC[Si](C)(OC)OC)O[Si]3(CCC(F)(F)F)O[Si](CCC(F)(F)F)(O[Si](C)(C)CC[Si](C)(OC)OC)O[Si](CCC(F)(F)F)(O1)O[Si](CCC(F)(F)F)(O2)O3)OC. The molecule has 3 aliphatic rings. The summed E-state index contributed by atoms with van der Waals surface area (Å²) in [5, 5.41) is 0. The maximum atomic E-state index is 15.3. The fraction of sp³-hybridized carbons (Fsp3) is 1.00. The van der Waals surface area contributed by atoms with Crippen LogP contribution in [0.25, 0.3) is 0 Å². The lowest BCUT2D eigenvalue weighted by Crippen LogP contribution is -2.84. The van der Waals surface area contributed by atoms with Gasteiger partial charge in [-0.1, -0.05) is 0 Å². The largest absolute Gasteiger partial charge is 0.479 e. The summed E-state index contributed by atoms with van der Waals surface area (Å²) >= 11 is 0. The van der Waals surface area contributed by atoms with Crippen LogP contribution in [0, 0.1) is 0 Å². The van der Waals surface area contributed by atoms with Crippen LogP contribution in [-0.4, -0.2) is 198 Å². The zero-order valence-corrected chi connectivity index (χ0v) is 67.4. The molecule has 0 unspecified atom stereocenters. The molecule has 560 valence electrons. The summed E-state index contributed by atoms with van der Waals surface area (Å²) < 4.78 is 432. The highest BCUT2D eigenvalue weighted by molar-refractivity contribution is 7.01. The van der Waals surface area contributed by atoms with E-state index in [1.54, 1.807) is 0 Å². The average Bonchev–Trinajstić information content (AvgIpc) is 0.703. The normalized spacial score (nSPS) is 28.1. The smallest absolute Gasteiger partial charge is 0.416 e. The molecule has 0 aliphatic carbocycles. The number of halogens is 21. The molecule has 52 heteroatoms. The first kappa shape index (κ1) is 88.8. The Kier molecular flexibility index (Phi) is 30.2. The van der Waals surface area contributed by atoms with Gasteiger partial charge in [0, 0.05) is 130 Å². The molecular weight excluding hydrogens is 1560 g/mol. The highest BCUT2D eigenvalue weighted by Gasteiger charge is 2.80. The summed E-state index contributed by atoms with van der Waals surface area (Å²) in [6.07, 6.45) is -55.6. The van der Waals surface area contributed by atoms with E-state index in [4.69, 9.17) is 75.9 Å². The van der Waals surface area contributed by atoms with Crippen molar-refractivity contribution in [2.75, 3.05) is 42.7 Å². The minimum absolute atomic E-state index is 0.214. The van der Waals surface area contributed by atoms with Gasteiger partial charge in [-0.05, 0) is 95.2 Å². The van der Waals surface area contributed by atoms with Crippen molar-refractivity contribution in [2.45, 2.75) is 226 Å². The molecule has 0 aromatic heterocycles. The number of fused-ring (bicyclic) bond motifs is 3. The molecule has 3 heterocycles. The van der Waals surface area contributed by atoms with Crippen LogP contribution in [0.3, 0.4) is 0 Å². The van der Waals surface area contributed by atoms with Crippen LogP contribution in [0.2, 0.25) is 137 Å². The van der Waals surface area contributed by atoms with Crippen molar-refractivity contribution in [3.8, 4) is 0 Å². The molecule has 4 bridgehead atoms. The van der Waals surface area contributed by atoms with Gasteiger partial charge in [-0.15, -0.1) is 0 Å². The monoisotopic (exact) mass is 1640 g/mol. The predicted molar refractivity (Wildman–Crippen MR) is 320 cm³/mol. The van der Waals surface area contributed by atoms with Gasteiger partial charge in [-0.25, -0.2) is 0 Å². The van der Waals surface area contributed by atoms with Crippen molar-refractivity contribution < 1.29 is 168 Å². The first-order valence-electron chi connectivity index (χ1n) is 29.1. The summed E-state index contributed by atoms with van der Waals surface area (Å²) in [6.45, 7) is 11.6. The quantitative estimate of drug-likeness (QED) is 0.0434. The minimum Gasteiger partial charge on any atom is -0.416 e. The van der Waals surface area contributed by atoms with E-state index in [2.05, 4.69) is 0 Å². The Morgan fingerprint density at radius 1 is 0.234 bits per heavy atom. The Morgan fingerprint density at radius 3 is 0.532 bits per heavy atom. The highest BCUT2D eigenvalue weighted by Crippen LogP contribution is 2.54.